The molecule has 5 nitrogen and oxygen atoms in total. The predicted molar refractivity (Wildman–Crippen MR) is 121 cm³/mol. The van der Waals surface area contributed by atoms with E-state index in [9.17, 15) is 9.59 Å². The number of benzene rings is 2. The maximum Gasteiger partial charge on any atom is 0.335 e. The zero-order chi connectivity index (χ0) is 21.1. The second kappa shape index (κ2) is 8.69. The van der Waals surface area contributed by atoms with Crippen molar-refractivity contribution >= 4 is 46.3 Å². The number of thiocarbonyl (C=S) groups is 1. The van der Waals surface area contributed by atoms with E-state index in [1.165, 1.54) is 17.8 Å². The lowest BCUT2D eigenvalue weighted by atomic mass is 10.1. The van der Waals surface area contributed by atoms with Crippen molar-refractivity contribution in [1.29, 1.82) is 0 Å². The first-order valence-electron chi connectivity index (χ1n) is 9.24. The number of carboxylic acids is 1. The highest BCUT2D eigenvalue weighted by Gasteiger charge is 2.31. The molecule has 1 amide bonds. The molecule has 0 spiro atoms. The van der Waals surface area contributed by atoms with Crippen LogP contribution in [0.4, 0.5) is 0 Å². The van der Waals surface area contributed by atoms with Gasteiger partial charge in [0.1, 0.15) is 15.8 Å². The second-order valence-electron chi connectivity index (χ2n) is 6.66. The fourth-order valence-corrected chi connectivity index (χ4v) is 4.39. The molecule has 0 atom stereocenters. The van der Waals surface area contributed by atoms with Gasteiger partial charge in [-0.1, -0.05) is 66.4 Å². The van der Waals surface area contributed by atoms with Crippen molar-refractivity contribution in [2.75, 3.05) is 6.54 Å². The van der Waals surface area contributed by atoms with E-state index in [1.807, 2.05) is 30.3 Å². The summed E-state index contributed by atoms with van der Waals surface area (Å²) in [6.07, 6.45) is 2.40. The maximum atomic E-state index is 12.8. The monoisotopic (exact) mass is 435 g/mol. The minimum atomic E-state index is -0.997. The van der Waals surface area contributed by atoms with Gasteiger partial charge in [0, 0.05) is 18.2 Å². The molecule has 0 radical (unpaired) electrons. The summed E-state index contributed by atoms with van der Waals surface area (Å²) in [4.78, 5) is 26.1. The molecule has 3 aromatic rings. The molecule has 1 aliphatic rings. The lowest BCUT2D eigenvalue weighted by molar-refractivity contribution is -0.122. The fourth-order valence-electron chi connectivity index (χ4n) is 3.10. The lowest BCUT2D eigenvalue weighted by Crippen LogP contribution is -2.30. The van der Waals surface area contributed by atoms with E-state index < -0.39 is 5.97 Å². The Kier molecular flexibility index (Phi) is 5.83. The van der Waals surface area contributed by atoms with Crippen LogP contribution in [0.1, 0.15) is 21.7 Å². The number of carbonyl (C=O) groups is 2. The molecule has 1 saturated heterocycles. The van der Waals surface area contributed by atoms with Gasteiger partial charge >= 0.3 is 5.97 Å². The van der Waals surface area contributed by atoms with Gasteiger partial charge in [-0.3, -0.25) is 9.69 Å². The van der Waals surface area contributed by atoms with Crippen LogP contribution in [0.2, 0.25) is 0 Å². The Hall–Kier alpha value is -3.16. The first-order chi connectivity index (χ1) is 14.5. The number of rotatable bonds is 6. The molecular weight excluding hydrogens is 418 g/mol. The summed E-state index contributed by atoms with van der Waals surface area (Å²) in [7, 11) is 0. The minimum absolute atomic E-state index is 0.133. The minimum Gasteiger partial charge on any atom is -0.478 e. The third-order valence-corrected chi connectivity index (χ3v) is 6.01. The highest BCUT2D eigenvalue weighted by molar-refractivity contribution is 8.26. The first-order valence-corrected chi connectivity index (χ1v) is 10.5. The molecule has 0 saturated carbocycles. The summed E-state index contributed by atoms with van der Waals surface area (Å²) in [5.74, 6) is -0.0900. The quantitative estimate of drug-likeness (QED) is 0.430. The molecule has 1 N–H and O–H groups in total. The van der Waals surface area contributed by atoms with Crippen molar-refractivity contribution in [3.8, 4) is 11.3 Å². The van der Waals surface area contributed by atoms with Crippen LogP contribution >= 0.6 is 24.0 Å². The summed E-state index contributed by atoms with van der Waals surface area (Å²) < 4.78 is 6.35. The molecule has 4 rings (SSSR count). The fraction of sp³-hybridized carbons (Fsp3) is 0.0870. The molecule has 0 bridgehead atoms. The van der Waals surface area contributed by atoms with Gasteiger partial charge in [-0.05, 0) is 36.2 Å². The Morgan fingerprint density at radius 3 is 2.67 bits per heavy atom. The van der Waals surface area contributed by atoms with Crippen LogP contribution in [-0.2, 0) is 11.2 Å². The van der Waals surface area contributed by atoms with Crippen LogP contribution < -0.4 is 0 Å². The van der Waals surface area contributed by atoms with E-state index in [4.69, 9.17) is 21.7 Å². The number of furan rings is 1. The average Bonchev–Trinajstić information content (AvgIpc) is 3.32. The summed E-state index contributed by atoms with van der Waals surface area (Å²) >= 11 is 6.64. The zero-order valence-electron chi connectivity index (χ0n) is 15.8. The van der Waals surface area contributed by atoms with Gasteiger partial charge in [0.25, 0.3) is 5.91 Å². The van der Waals surface area contributed by atoms with E-state index in [-0.39, 0.29) is 11.5 Å². The number of thioether (sulfide) groups is 1. The highest BCUT2D eigenvalue weighted by Crippen LogP contribution is 2.33. The van der Waals surface area contributed by atoms with Crippen LogP contribution in [0.5, 0.6) is 0 Å². The largest absolute Gasteiger partial charge is 0.478 e. The van der Waals surface area contributed by atoms with Gasteiger partial charge in [0.2, 0.25) is 0 Å². The second-order valence-corrected chi connectivity index (χ2v) is 8.33. The van der Waals surface area contributed by atoms with Crippen LogP contribution in [0.15, 0.2) is 76.1 Å². The van der Waals surface area contributed by atoms with Gasteiger partial charge in [-0.2, -0.15) is 0 Å². The number of hydrogen-bond acceptors (Lipinski definition) is 5. The Labute approximate surface area is 183 Å². The molecule has 1 fully saturated rings. The number of amides is 1. The number of carbonyl (C=O) groups excluding carboxylic acids is 1. The van der Waals surface area contributed by atoms with Crippen LogP contribution in [-0.4, -0.2) is 32.7 Å². The lowest BCUT2D eigenvalue weighted by Gasteiger charge is -2.14. The molecule has 30 heavy (non-hydrogen) atoms. The number of aromatic carboxylic acids is 1. The van der Waals surface area contributed by atoms with E-state index in [1.54, 1.807) is 41.3 Å². The van der Waals surface area contributed by atoms with E-state index in [0.717, 1.165) is 12.0 Å². The number of nitrogens with zero attached hydrogens (tertiary/aromatic N) is 1. The van der Waals surface area contributed by atoms with Crippen LogP contribution in [0.25, 0.3) is 17.4 Å². The Morgan fingerprint density at radius 2 is 1.90 bits per heavy atom. The third kappa shape index (κ3) is 4.37. The van der Waals surface area contributed by atoms with Gasteiger partial charge in [-0.25, -0.2) is 4.79 Å². The zero-order valence-corrected chi connectivity index (χ0v) is 17.4. The summed E-state index contributed by atoms with van der Waals surface area (Å²) in [6.45, 7) is 0.525. The number of carboxylic acid groups (broad SMARTS) is 1. The smallest absolute Gasteiger partial charge is 0.335 e. The molecule has 2 aromatic carbocycles. The van der Waals surface area contributed by atoms with E-state index in [0.29, 0.717) is 32.9 Å². The molecule has 1 aromatic heterocycles. The third-order valence-electron chi connectivity index (χ3n) is 4.63. The van der Waals surface area contributed by atoms with Crippen molar-refractivity contribution in [3.05, 3.63) is 88.5 Å². The number of hydrogen-bond donors (Lipinski definition) is 1. The molecule has 150 valence electrons. The van der Waals surface area contributed by atoms with Crippen LogP contribution in [0, 0.1) is 0 Å². The molecule has 7 heteroatoms. The van der Waals surface area contributed by atoms with Crippen molar-refractivity contribution in [3.63, 3.8) is 0 Å². The van der Waals surface area contributed by atoms with Crippen molar-refractivity contribution < 1.29 is 19.1 Å². The highest BCUT2D eigenvalue weighted by atomic mass is 32.2. The van der Waals surface area contributed by atoms with Gasteiger partial charge in [-0.15, -0.1) is 0 Å². The Bertz CT molecular complexity index is 1150. The standard InChI is InChI=1S/C23H17NO4S2/c25-21-20(30-23(29)24(21)12-11-15-5-2-1-3-6-15)14-18-9-10-19(28-18)16-7-4-8-17(13-16)22(26)27/h1-10,13-14H,11-12H2,(H,26,27)/b20-14-. The van der Waals surface area contributed by atoms with Gasteiger partial charge < -0.3 is 9.52 Å². The first kappa shape index (κ1) is 20.1. The van der Waals surface area contributed by atoms with Crippen molar-refractivity contribution in [1.82, 2.24) is 4.90 Å². The van der Waals surface area contributed by atoms with Gasteiger partial charge in [0.05, 0.1) is 10.5 Å². The van der Waals surface area contributed by atoms with E-state index >= 15 is 0 Å². The maximum absolute atomic E-state index is 12.8. The van der Waals surface area contributed by atoms with E-state index in [2.05, 4.69) is 0 Å². The molecular formula is C23H17NO4S2. The topological polar surface area (TPSA) is 70.8 Å². The van der Waals surface area contributed by atoms with Crippen LogP contribution in [0.3, 0.4) is 0 Å². The Morgan fingerprint density at radius 1 is 1.10 bits per heavy atom. The molecule has 0 unspecified atom stereocenters. The van der Waals surface area contributed by atoms with Crippen molar-refractivity contribution in [2.24, 2.45) is 0 Å². The van der Waals surface area contributed by atoms with Gasteiger partial charge in [0.15, 0.2) is 0 Å². The molecule has 2 heterocycles. The Balaban J connectivity index is 1.49. The summed E-state index contributed by atoms with van der Waals surface area (Å²) in [6, 6.07) is 20.0. The van der Waals surface area contributed by atoms with Crippen molar-refractivity contribution in [2.45, 2.75) is 6.42 Å². The summed E-state index contributed by atoms with van der Waals surface area (Å²) in [5, 5.41) is 9.15. The average molecular weight is 436 g/mol. The molecule has 0 aliphatic carbocycles. The predicted octanol–water partition coefficient (Wildman–Crippen LogP) is 5.09. The summed E-state index contributed by atoms with van der Waals surface area (Å²) in [5.41, 5.74) is 1.99. The normalized spacial score (nSPS) is 15.2. The molecule has 1 aliphatic heterocycles. The SMILES string of the molecule is O=C(O)c1cccc(-c2ccc(/C=C3\SC(=S)N(CCc4ccccc4)C3=O)o2)c1.